The molecule has 2 aliphatic rings. The molecule has 7 heteroatoms. The summed E-state index contributed by atoms with van der Waals surface area (Å²) in [6.07, 6.45) is 6.76. The zero-order valence-electron chi connectivity index (χ0n) is 12.5. The van der Waals surface area contributed by atoms with Crippen LogP contribution < -0.4 is 11.1 Å². The van der Waals surface area contributed by atoms with Crippen molar-refractivity contribution in [1.29, 1.82) is 0 Å². The molecule has 3 rings (SSSR count). The summed E-state index contributed by atoms with van der Waals surface area (Å²) in [5.74, 6) is 1.81. The van der Waals surface area contributed by atoms with Gasteiger partial charge in [-0.2, -0.15) is 0 Å². The number of aromatic nitrogens is 3. The summed E-state index contributed by atoms with van der Waals surface area (Å²) in [6, 6.07) is 0. The maximum absolute atomic E-state index is 11.9. The Morgan fingerprint density at radius 2 is 2.24 bits per heavy atom. The molecule has 2 heterocycles. The maximum Gasteiger partial charge on any atom is 0.238 e. The Bertz CT molecular complexity index is 527. The number of carbonyl (C=O) groups excluding carboxylic acids is 1. The predicted molar refractivity (Wildman–Crippen MR) is 82.0 cm³/mol. The van der Waals surface area contributed by atoms with Gasteiger partial charge in [-0.25, -0.2) is 0 Å². The first-order chi connectivity index (χ1) is 10.2. The molecule has 0 spiro atoms. The van der Waals surface area contributed by atoms with Gasteiger partial charge in [-0.1, -0.05) is 18.2 Å². The lowest BCUT2D eigenvalue weighted by atomic mass is 9.95. The van der Waals surface area contributed by atoms with Gasteiger partial charge in [0.2, 0.25) is 5.91 Å². The van der Waals surface area contributed by atoms with Crippen LogP contribution in [0.15, 0.2) is 5.16 Å². The van der Waals surface area contributed by atoms with Crippen LogP contribution in [0.4, 0.5) is 0 Å². The molecule has 21 heavy (non-hydrogen) atoms. The number of amides is 1. The molecule has 1 saturated carbocycles. The van der Waals surface area contributed by atoms with E-state index in [4.69, 9.17) is 5.73 Å². The van der Waals surface area contributed by atoms with Gasteiger partial charge in [-0.05, 0) is 38.6 Å². The Hall–Kier alpha value is -1.08. The number of rotatable bonds is 6. The van der Waals surface area contributed by atoms with Crippen LogP contribution >= 0.6 is 11.8 Å². The van der Waals surface area contributed by atoms with Crippen molar-refractivity contribution in [1.82, 2.24) is 20.1 Å². The summed E-state index contributed by atoms with van der Waals surface area (Å²) in [7, 11) is 1.83. The quantitative estimate of drug-likeness (QED) is 0.764. The number of nitrogens with one attached hydrogen (secondary N) is 1. The van der Waals surface area contributed by atoms with Crippen LogP contribution in [0.3, 0.4) is 0 Å². The molecule has 1 amide bonds. The molecule has 0 aromatic carbocycles. The molecule has 6 nitrogen and oxygen atoms in total. The minimum absolute atomic E-state index is 0.254. The van der Waals surface area contributed by atoms with Crippen LogP contribution in [0.1, 0.15) is 37.9 Å². The van der Waals surface area contributed by atoms with Gasteiger partial charge in [0.25, 0.3) is 0 Å². The Morgan fingerprint density at radius 3 is 2.90 bits per heavy atom. The van der Waals surface area contributed by atoms with E-state index in [1.807, 2.05) is 7.05 Å². The van der Waals surface area contributed by atoms with E-state index in [0.29, 0.717) is 11.7 Å². The van der Waals surface area contributed by atoms with Gasteiger partial charge in [0.15, 0.2) is 5.16 Å². The van der Waals surface area contributed by atoms with E-state index in [1.165, 1.54) is 19.3 Å². The number of fused-ring (bicyclic) bond motifs is 1. The van der Waals surface area contributed by atoms with Crippen LogP contribution in [-0.4, -0.2) is 39.0 Å². The highest BCUT2D eigenvalue weighted by Crippen LogP contribution is 2.42. The predicted octanol–water partition coefficient (Wildman–Crippen LogP) is 0.950. The first-order valence-corrected chi connectivity index (χ1v) is 8.69. The third-order valence-electron chi connectivity index (χ3n) is 4.66. The highest BCUT2D eigenvalue weighted by atomic mass is 32.2. The zero-order valence-corrected chi connectivity index (χ0v) is 13.3. The SMILES string of the molecule is CNC(CSc1nnc2n1CCCCC2)(C(N)=O)C1CC1. The third kappa shape index (κ3) is 2.81. The van der Waals surface area contributed by atoms with Gasteiger partial charge >= 0.3 is 0 Å². The summed E-state index contributed by atoms with van der Waals surface area (Å²) in [4.78, 5) is 11.9. The number of carbonyl (C=O) groups is 1. The Kier molecular flexibility index (Phi) is 4.21. The lowest BCUT2D eigenvalue weighted by Crippen LogP contribution is -2.57. The van der Waals surface area contributed by atoms with E-state index in [-0.39, 0.29) is 5.91 Å². The van der Waals surface area contributed by atoms with E-state index in [0.717, 1.165) is 36.8 Å². The minimum Gasteiger partial charge on any atom is -0.368 e. The average molecular weight is 309 g/mol. The fraction of sp³-hybridized carbons (Fsp3) is 0.786. The fourth-order valence-corrected chi connectivity index (χ4v) is 4.44. The van der Waals surface area contributed by atoms with Crippen LogP contribution in [0, 0.1) is 5.92 Å². The van der Waals surface area contributed by atoms with Crippen molar-refractivity contribution >= 4 is 17.7 Å². The molecule has 1 aliphatic heterocycles. The highest BCUT2D eigenvalue weighted by Gasteiger charge is 2.49. The summed E-state index contributed by atoms with van der Waals surface area (Å²) in [6.45, 7) is 0.983. The first-order valence-electron chi connectivity index (χ1n) is 7.71. The number of nitrogens with zero attached hydrogens (tertiary/aromatic N) is 3. The number of nitrogens with two attached hydrogens (primary N) is 1. The Morgan fingerprint density at radius 1 is 1.43 bits per heavy atom. The van der Waals surface area contributed by atoms with Gasteiger partial charge in [0.05, 0.1) is 0 Å². The molecule has 0 saturated heterocycles. The van der Waals surface area contributed by atoms with Crippen molar-refractivity contribution in [3.05, 3.63) is 5.82 Å². The van der Waals surface area contributed by atoms with Gasteiger partial charge in [0.1, 0.15) is 11.4 Å². The molecule has 116 valence electrons. The smallest absolute Gasteiger partial charge is 0.238 e. The first kappa shape index (κ1) is 14.8. The molecule has 3 N–H and O–H groups in total. The van der Waals surface area contributed by atoms with Crippen molar-refractivity contribution in [2.45, 2.75) is 55.8 Å². The second-order valence-electron chi connectivity index (χ2n) is 6.01. The Labute approximate surface area is 129 Å². The van der Waals surface area contributed by atoms with E-state index in [1.54, 1.807) is 11.8 Å². The van der Waals surface area contributed by atoms with Gasteiger partial charge in [0, 0.05) is 18.7 Å². The fourth-order valence-electron chi connectivity index (χ4n) is 3.11. The molecule has 1 atom stereocenters. The van der Waals surface area contributed by atoms with Crippen LogP contribution in [0.25, 0.3) is 0 Å². The van der Waals surface area contributed by atoms with Crippen molar-refractivity contribution in [3.8, 4) is 0 Å². The monoisotopic (exact) mass is 309 g/mol. The van der Waals surface area contributed by atoms with Crippen molar-refractivity contribution in [2.24, 2.45) is 11.7 Å². The van der Waals surface area contributed by atoms with Gasteiger partial charge in [-0.3, -0.25) is 4.79 Å². The summed E-state index contributed by atoms with van der Waals surface area (Å²) in [5, 5.41) is 12.7. The summed E-state index contributed by atoms with van der Waals surface area (Å²) < 4.78 is 2.21. The van der Waals surface area contributed by atoms with E-state index in [9.17, 15) is 4.79 Å². The lowest BCUT2D eigenvalue weighted by molar-refractivity contribution is -0.124. The van der Waals surface area contributed by atoms with E-state index < -0.39 is 5.54 Å². The number of aryl methyl sites for hydroxylation is 1. The molecule has 1 unspecified atom stereocenters. The average Bonchev–Trinajstić information content (AvgIpc) is 3.27. The molecule has 0 bridgehead atoms. The molecule has 1 aliphatic carbocycles. The highest BCUT2D eigenvalue weighted by molar-refractivity contribution is 7.99. The zero-order chi connectivity index (χ0) is 14.9. The minimum atomic E-state index is -0.609. The number of hydrogen-bond acceptors (Lipinski definition) is 5. The molecule has 1 aromatic heterocycles. The maximum atomic E-state index is 11.9. The van der Waals surface area contributed by atoms with Crippen LogP contribution in [-0.2, 0) is 17.8 Å². The molecule has 1 aromatic rings. The van der Waals surface area contributed by atoms with Gasteiger partial charge < -0.3 is 15.6 Å². The van der Waals surface area contributed by atoms with Gasteiger partial charge in [-0.15, -0.1) is 10.2 Å². The van der Waals surface area contributed by atoms with Crippen molar-refractivity contribution in [2.75, 3.05) is 12.8 Å². The van der Waals surface area contributed by atoms with Crippen molar-refractivity contribution in [3.63, 3.8) is 0 Å². The molecule has 1 fully saturated rings. The standard InChI is InChI=1S/C14H23N5OS/c1-16-14(12(15)20,10-6-7-10)9-21-13-18-17-11-5-3-2-4-8-19(11)13/h10,16H,2-9H2,1H3,(H2,15,20). The summed E-state index contributed by atoms with van der Waals surface area (Å²) in [5.41, 5.74) is 5.06. The number of hydrogen-bond donors (Lipinski definition) is 2. The topological polar surface area (TPSA) is 85.8 Å². The number of thioether (sulfide) groups is 1. The Balaban J connectivity index is 1.74. The second-order valence-corrected chi connectivity index (χ2v) is 6.95. The van der Waals surface area contributed by atoms with E-state index in [2.05, 4.69) is 20.1 Å². The third-order valence-corrected chi connectivity index (χ3v) is 5.82. The normalized spacial score (nSPS) is 21.4. The van der Waals surface area contributed by atoms with Crippen molar-refractivity contribution < 1.29 is 4.79 Å². The number of primary amides is 1. The molecular weight excluding hydrogens is 286 g/mol. The molecule has 0 radical (unpaired) electrons. The second kappa shape index (κ2) is 5.96. The number of likely N-dealkylation sites (N-methyl/N-ethyl adjacent to an activating group) is 1. The largest absolute Gasteiger partial charge is 0.368 e. The van der Waals surface area contributed by atoms with Crippen LogP contribution in [0.2, 0.25) is 0 Å². The lowest BCUT2D eigenvalue weighted by Gasteiger charge is -2.29. The summed E-state index contributed by atoms with van der Waals surface area (Å²) >= 11 is 1.61. The molecular formula is C14H23N5OS. The van der Waals surface area contributed by atoms with E-state index >= 15 is 0 Å². The van der Waals surface area contributed by atoms with Crippen LogP contribution in [0.5, 0.6) is 0 Å².